The second-order valence-corrected chi connectivity index (χ2v) is 6.54. The van der Waals surface area contributed by atoms with Gasteiger partial charge in [-0.15, -0.1) is 0 Å². The van der Waals surface area contributed by atoms with Gasteiger partial charge in [-0.3, -0.25) is 9.36 Å². The predicted octanol–water partition coefficient (Wildman–Crippen LogP) is 1.02. The van der Waals surface area contributed by atoms with E-state index in [1.807, 2.05) is 0 Å². The van der Waals surface area contributed by atoms with E-state index in [9.17, 15) is 17.8 Å². The fourth-order valence-corrected chi connectivity index (χ4v) is 3.18. The third-order valence-corrected chi connectivity index (χ3v) is 3.72. The lowest BCUT2D eigenvalue weighted by Gasteiger charge is -2.16. The van der Waals surface area contributed by atoms with E-state index in [0.717, 1.165) is 6.26 Å². The number of rotatable bonds is 7. The standard InChI is InChI=1S/C8H17O6PS/c1-5-13-15(10)8(7(9)6(2)3)14-16(4,11)12/h6,8,15H,5H2,1-4H3. The van der Waals surface area contributed by atoms with E-state index in [1.54, 1.807) is 20.8 Å². The highest BCUT2D eigenvalue weighted by molar-refractivity contribution is 7.86. The van der Waals surface area contributed by atoms with Crippen molar-refractivity contribution in [1.29, 1.82) is 0 Å². The minimum Gasteiger partial charge on any atom is -0.329 e. The summed E-state index contributed by atoms with van der Waals surface area (Å²) in [5.74, 6) is -2.52. The van der Waals surface area contributed by atoms with Crippen molar-refractivity contribution < 1.29 is 26.5 Å². The number of hydrogen-bond donors (Lipinski definition) is 0. The quantitative estimate of drug-likeness (QED) is 0.508. The van der Waals surface area contributed by atoms with Gasteiger partial charge in [0.15, 0.2) is 5.78 Å². The minimum atomic E-state index is -3.84. The maximum atomic E-state index is 11.6. The van der Waals surface area contributed by atoms with Gasteiger partial charge in [0.1, 0.15) is 0 Å². The van der Waals surface area contributed by atoms with Crippen molar-refractivity contribution in [3.05, 3.63) is 0 Å². The maximum absolute atomic E-state index is 11.6. The van der Waals surface area contributed by atoms with Gasteiger partial charge in [0.25, 0.3) is 10.1 Å². The van der Waals surface area contributed by atoms with Crippen LogP contribution >= 0.6 is 8.03 Å². The Kier molecular flexibility index (Phi) is 6.40. The van der Waals surface area contributed by atoms with Gasteiger partial charge in [0.05, 0.1) is 12.9 Å². The first kappa shape index (κ1) is 15.8. The Morgan fingerprint density at radius 3 is 2.19 bits per heavy atom. The Bertz CT molecular complexity index is 361. The lowest BCUT2D eigenvalue weighted by atomic mass is 10.1. The molecule has 0 rings (SSSR count). The summed E-state index contributed by atoms with van der Waals surface area (Å²) < 4.78 is 42.6. The number of carbonyl (C=O) groups excluding carboxylic acids is 1. The summed E-state index contributed by atoms with van der Waals surface area (Å²) in [6.07, 6.45) is 0.800. The van der Waals surface area contributed by atoms with E-state index in [4.69, 9.17) is 4.52 Å². The molecule has 2 unspecified atom stereocenters. The molecule has 0 aromatic carbocycles. The average Bonchev–Trinajstić information content (AvgIpc) is 2.11. The molecular weight excluding hydrogens is 255 g/mol. The van der Waals surface area contributed by atoms with E-state index in [-0.39, 0.29) is 6.61 Å². The Morgan fingerprint density at radius 1 is 1.38 bits per heavy atom. The van der Waals surface area contributed by atoms with E-state index in [0.29, 0.717) is 0 Å². The zero-order valence-corrected chi connectivity index (χ0v) is 11.5. The smallest absolute Gasteiger partial charge is 0.265 e. The number of carbonyl (C=O) groups is 1. The fourth-order valence-electron chi connectivity index (χ4n) is 0.898. The molecule has 6 nitrogen and oxygen atoms in total. The Balaban J connectivity index is 4.91. The largest absolute Gasteiger partial charge is 0.329 e. The van der Waals surface area contributed by atoms with Gasteiger partial charge in [-0.2, -0.15) is 8.42 Å². The van der Waals surface area contributed by atoms with Crippen LogP contribution in [0.5, 0.6) is 0 Å². The van der Waals surface area contributed by atoms with Crippen LogP contribution in [0, 0.1) is 5.92 Å². The highest BCUT2D eigenvalue weighted by atomic mass is 32.2. The summed E-state index contributed by atoms with van der Waals surface area (Å²) in [5.41, 5.74) is 0. The lowest BCUT2D eigenvalue weighted by Crippen LogP contribution is -2.28. The molecule has 2 atom stereocenters. The molecule has 0 amide bonds. The van der Waals surface area contributed by atoms with Crippen molar-refractivity contribution in [2.75, 3.05) is 12.9 Å². The van der Waals surface area contributed by atoms with Crippen LogP contribution in [0.2, 0.25) is 0 Å². The summed E-state index contributed by atoms with van der Waals surface area (Å²) in [7, 11) is -6.70. The topological polar surface area (TPSA) is 86.7 Å². The molecule has 0 aliphatic rings. The maximum Gasteiger partial charge on any atom is 0.265 e. The van der Waals surface area contributed by atoms with Crippen molar-refractivity contribution in [2.45, 2.75) is 26.6 Å². The second kappa shape index (κ2) is 6.49. The van der Waals surface area contributed by atoms with Crippen LogP contribution in [0.3, 0.4) is 0 Å². The zero-order chi connectivity index (χ0) is 12.9. The predicted molar refractivity (Wildman–Crippen MR) is 60.2 cm³/mol. The van der Waals surface area contributed by atoms with E-state index < -0.39 is 35.7 Å². The summed E-state index contributed by atoms with van der Waals surface area (Å²) in [6.45, 7) is 4.87. The average molecular weight is 272 g/mol. The SMILES string of the molecule is CCO[PH](=O)C(OS(C)(=O)=O)C(=O)C(C)C. The van der Waals surface area contributed by atoms with Crippen molar-refractivity contribution in [1.82, 2.24) is 0 Å². The van der Waals surface area contributed by atoms with Crippen LogP contribution in [0.25, 0.3) is 0 Å². The van der Waals surface area contributed by atoms with Gasteiger partial charge in [-0.05, 0) is 6.92 Å². The minimum absolute atomic E-state index is 0.132. The molecule has 0 spiro atoms. The summed E-state index contributed by atoms with van der Waals surface area (Å²) in [6, 6.07) is 0. The first-order valence-corrected chi connectivity index (χ1v) is 7.98. The molecule has 0 saturated heterocycles. The van der Waals surface area contributed by atoms with Crippen LogP contribution in [-0.2, 0) is 28.2 Å². The monoisotopic (exact) mass is 272 g/mol. The number of Topliss-reactive ketones (excluding diaryl/α,β-unsaturated/α-hetero) is 1. The lowest BCUT2D eigenvalue weighted by molar-refractivity contribution is -0.125. The van der Waals surface area contributed by atoms with Crippen LogP contribution in [0.1, 0.15) is 20.8 Å². The van der Waals surface area contributed by atoms with E-state index >= 15 is 0 Å². The molecule has 0 N–H and O–H groups in total. The van der Waals surface area contributed by atoms with Gasteiger partial charge in [0.2, 0.25) is 13.9 Å². The molecule has 0 saturated carbocycles. The van der Waals surface area contributed by atoms with Crippen LogP contribution in [0.15, 0.2) is 0 Å². The van der Waals surface area contributed by atoms with Gasteiger partial charge in [0, 0.05) is 5.92 Å². The third-order valence-electron chi connectivity index (χ3n) is 1.60. The molecule has 0 fully saturated rings. The molecule has 0 heterocycles. The fraction of sp³-hybridized carbons (Fsp3) is 0.875. The van der Waals surface area contributed by atoms with Crippen molar-refractivity contribution >= 4 is 23.9 Å². The summed E-state index contributed by atoms with van der Waals surface area (Å²) in [5, 5.41) is 0. The Labute approximate surface area is 96.3 Å². The first-order valence-electron chi connectivity index (χ1n) is 4.77. The number of ketones is 1. The molecule has 0 aliphatic heterocycles. The van der Waals surface area contributed by atoms with E-state index in [1.165, 1.54) is 0 Å². The third kappa shape index (κ3) is 5.75. The molecule has 96 valence electrons. The molecule has 0 aliphatic carbocycles. The van der Waals surface area contributed by atoms with Gasteiger partial charge in [-0.25, -0.2) is 4.18 Å². The molecular formula is C8H17O6PS. The number of hydrogen-bond acceptors (Lipinski definition) is 6. The molecule has 0 radical (unpaired) electrons. The van der Waals surface area contributed by atoms with Crippen molar-refractivity contribution in [3.8, 4) is 0 Å². The van der Waals surface area contributed by atoms with E-state index in [2.05, 4.69) is 4.18 Å². The second-order valence-electron chi connectivity index (χ2n) is 3.49. The van der Waals surface area contributed by atoms with Gasteiger partial charge >= 0.3 is 0 Å². The van der Waals surface area contributed by atoms with Crippen molar-refractivity contribution in [2.24, 2.45) is 5.92 Å². The highest BCUT2D eigenvalue weighted by Gasteiger charge is 2.31. The van der Waals surface area contributed by atoms with Gasteiger partial charge in [-0.1, -0.05) is 13.8 Å². The molecule has 16 heavy (non-hydrogen) atoms. The highest BCUT2D eigenvalue weighted by Crippen LogP contribution is 2.33. The van der Waals surface area contributed by atoms with Crippen LogP contribution in [-0.4, -0.2) is 32.9 Å². The molecule has 0 aromatic rings. The van der Waals surface area contributed by atoms with Crippen molar-refractivity contribution in [3.63, 3.8) is 0 Å². The first-order chi connectivity index (χ1) is 7.19. The van der Waals surface area contributed by atoms with Gasteiger partial charge < -0.3 is 4.52 Å². The summed E-state index contributed by atoms with van der Waals surface area (Å²) >= 11 is 0. The zero-order valence-electron chi connectivity index (χ0n) is 9.72. The molecule has 8 heteroatoms. The Hall–Kier alpha value is -0.230. The summed E-state index contributed by atoms with van der Waals surface area (Å²) in [4.78, 5) is 11.6. The van der Waals surface area contributed by atoms with Crippen LogP contribution < -0.4 is 0 Å². The normalized spacial score (nSPS) is 16.1. The van der Waals surface area contributed by atoms with Crippen LogP contribution in [0.4, 0.5) is 0 Å². The Morgan fingerprint density at radius 2 is 1.88 bits per heavy atom. The molecule has 0 aromatic heterocycles. The molecule has 0 bridgehead atoms.